The first-order valence-corrected chi connectivity index (χ1v) is 13.0. The van der Waals surface area contributed by atoms with Gasteiger partial charge in [0, 0.05) is 37.9 Å². The summed E-state index contributed by atoms with van der Waals surface area (Å²) >= 11 is 0. The third-order valence-electron chi connectivity index (χ3n) is 7.37. The van der Waals surface area contributed by atoms with Gasteiger partial charge in [0.25, 0.3) is 0 Å². The van der Waals surface area contributed by atoms with Crippen LogP contribution in [0.4, 0.5) is 19.3 Å². The Bertz CT molecular complexity index is 1350. The van der Waals surface area contributed by atoms with E-state index in [0.717, 1.165) is 18.9 Å². The molecule has 0 spiro atoms. The van der Waals surface area contributed by atoms with Crippen molar-refractivity contribution in [3.05, 3.63) is 39.7 Å². The molecule has 1 N–H and O–H groups in total. The summed E-state index contributed by atoms with van der Waals surface area (Å²) < 4.78 is 49.7. The Hall–Kier alpha value is -3.21. The van der Waals surface area contributed by atoms with Crippen molar-refractivity contribution in [2.24, 2.45) is 5.92 Å². The smallest absolute Gasteiger partial charge is 0.407 e. The fraction of sp³-hybridized carbons (Fsp3) is 0.593. The van der Waals surface area contributed by atoms with Crippen LogP contribution in [0.15, 0.2) is 17.1 Å². The van der Waals surface area contributed by atoms with Gasteiger partial charge in [0.05, 0.1) is 24.1 Å². The zero-order chi connectivity index (χ0) is 27.4. The maximum absolute atomic E-state index is 16.2. The number of alkyl carbamates (subject to hydrolysis) is 1. The summed E-state index contributed by atoms with van der Waals surface area (Å²) in [4.78, 5) is 39.4. The topological polar surface area (TPSA) is 99.1 Å². The number of amides is 1. The first-order valence-electron chi connectivity index (χ1n) is 13.0. The molecule has 0 radical (unpaired) electrons. The van der Waals surface area contributed by atoms with Crippen molar-refractivity contribution in [3.8, 4) is 0 Å². The second-order valence-corrected chi connectivity index (χ2v) is 11.3. The van der Waals surface area contributed by atoms with E-state index in [0.29, 0.717) is 19.6 Å². The number of benzene rings is 1. The SMILES string of the molecule is CCOC(=O)c1cn(C2CC2)c2c(F)c(N3CC4CCOC4(CNC(=O)OC(C)(C)C)C3)c(F)cc2c1=O. The van der Waals surface area contributed by atoms with Gasteiger partial charge < -0.3 is 29.0 Å². The molecule has 11 heteroatoms. The Labute approximate surface area is 219 Å². The monoisotopic (exact) mass is 533 g/mol. The molecule has 3 aliphatic rings. The van der Waals surface area contributed by atoms with Crippen LogP contribution in [0.3, 0.4) is 0 Å². The van der Waals surface area contributed by atoms with Gasteiger partial charge in [-0.3, -0.25) is 4.79 Å². The quantitative estimate of drug-likeness (QED) is 0.562. The summed E-state index contributed by atoms with van der Waals surface area (Å²) in [6.07, 6.45) is 2.93. The van der Waals surface area contributed by atoms with Crippen molar-refractivity contribution in [1.29, 1.82) is 0 Å². The van der Waals surface area contributed by atoms with Crippen LogP contribution in [-0.2, 0) is 14.2 Å². The summed E-state index contributed by atoms with van der Waals surface area (Å²) in [6, 6.07) is 0.919. The fourth-order valence-corrected chi connectivity index (χ4v) is 5.55. The molecule has 3 fully saturated rings. The van der Waals surface area contributed by atoms with E-state index in [4.69, 9.17) is 14.2 Å². The Morgan fingerprint density at radius 2 is 1.97 bits per heavy atom. The number of aromatic nitrogens is 1. The first kappa shape index (κ1) is 26.4. The van der Waals surface area contributed by atoms with Gasteiger partial charge in [-0.25, -0.2) is 18.4 Å². The van der Waals surface area contributed by atoms with Crippen LogP contribution in [-0.4, -0.2) is 60.7 Å². The normalized spacial score (nSPS) is 23.0. The molecule has 3 heterocycles. The fourth-order valence-electron chi connectivity index (χ4n) is 5.55. The van der Waals surface area contributed by atoms with Gasteiger partial charge in [-0.2, -0.15) is 0 Å². The number of hydrogen-bond donors (Lipinski definition) is 1. The summed E-state index contributed by atoms with van der Waals surface area (Å²) in [5.74, 6) is -2.63. The standard InChI is InChI=1S/C27H33F2N3O6/c1-5-36-24(34)18-12-32(16-6-7-16)21-17(23(18)33)10-19(28)22(20(21)29)31-11-15-8-9-37-27(15,14-31)13-30-25(35)38-26(2,3)4/h10,12,15-16H,5-9,11,13-14H2,1-4H3,(H,30,35). The number of carbonyl (C=O) groups is 2. The van der Waals surface area contributed by atoms with Gasteiger partial charge in [-0.05, 0) is 53.0 Å². The number of carbonyl (C=O) groups excluding carboxylic acids is 2. The molecule has 1 amide bonds. The molecule has 1 aromatic heterocycles. The molecule has 1 aliphatic carbocycles. The maximum atomic E-state index is 16.2. The predicted molar refractivity (Wildman–Crippen MR) is 136 cm³/mol. The molecule has 1 saturated carbocycles. The molecule has 2 atom stereocenters. The van der Waals surface area contributed by atoms with Crippen LogP contribution in [0.1, 0.15) is 63.4 Å². The number of pyridine rings is 1. The van der Waals surface area contributed by atoms with Gasteiger partial charge >= 0.3 is 12.1 Å². The van der Waals surface area contributed by atoms with Crippen molar-refractivity contribution >= 4 is 28.7 Å². The summed E-state index contributed by atoms with van der Waals surface area (Å²) in [5, 5.41) is 2.56. The lowest BCUT2D eigenvalue weighted by molar-refractivity contribution is -0.000290. The van der Waals surface area contributed by atoms with Crippen LogP contribution >= 0.6 is 0 Å². The highest BCUT2D eigenvalue weighted by Gasteiger charge is 2.52. The van der Waals surface area contributed by atoms with Gasteiger partial charge in [0.2, 0.25) is 5.43 Å². The van der Waals surface area contributed by atoms with E-state index >= 15 is 8.78 Å². The van der Waals surface area contributed by atoms with Crippen molar-refractivity contribution < 1.29 is 32.6 Å². The van der Waals surface area contributed by atoms with E-state index in [2.05, 4.69) is 5.32 Å². The van der Waals surface area contributed by atoms with Crippen LogP contribution in [0.2, 0.25) is 0 Å². The average molecular weight is 534 g/mol. The molecule has 2 saturated heterocycles. The number of nitrogens with zero attached hydrogens (tertiary/aromatic N) is 2. The average Bonchev–Trinajstić information content (AvgIpc) is 3.50. The molecule has 0 bridgehead atoms. The third-order valence-corrected chi connectivity index (χ3v) is 7.37. The molecule has 2 aliphatic heterocycles. The number of ether oxygens (including phenoxy) is 3. The highest BCUT2D eigenvalue weighted by Crippen LogP contribution is 2.44. The molecule has 206 valence electrons. The highest BCUT2D eigenvalue weighted by atomic mass is 19.1. The summed E-state index contributed by atoms with van der Waals surface area (Å²) in [7, 11) is 0. The number of anilines is 1. The lowest BCUT2D eigenvalue weighted by atomic mass is 9.91. The number of esters is 1. The van der Waals surface area contributed by atoms with Crippen LogP contribution in [0.25, 0.3) is 10.9 Å². The molecule has 2 unspecified atom stereocenters. The minimum absolute atomic E-state index is 0.0270. The number of rotatable bonds is 6. The van der Waals surface area contributed by atoms with Gasteiger partial charge in [-0.15, -0.1) is 0 Å². The van der Waals surface area contributed by atoms with E-state index in [1.807, 2.05) is 0 Å². The predicted octanol–water partition coefficient (Wildman–Crippen LogP) is 3.91. The Balaban J connectivity index is 1.50. The minimum atomic E-state index is -0.898. The van der Waals surface area contributed by atoms with Crippen LogP contribution in [0, 0.1) is 17.6 Å². The zero-order valence-corrected chi connectivity index (χ0v) is 22.1. The minimum Gasteiger partial charge on any atom is -0.462 e. The van der Waals surface area contributed by atoms with Crippen LogP contribution in [0.5, 0.6) is 0 Å². The number of fused-ring (bicyclic) bond motifs is 2. The van der Waals surface area contributed by atoms with E-state index in [1.165, 1.54) is 6.20 Å². The lowest BCUT2D eigenvalue weighted by Gasteiger charge is -2.30. The molecule has 1 aromatic carbocycles. The van der Waals surface area contributed by atoms with Crippen LogP contribution < -0.4 is 15.6 Å². The van der Waals surface area contributed by atoms with Crippen molar-refractivity contribution in [3.63, 3.8) is 0 Å². The highest BCUT2D eigenvalue weighted by molar-refractivity contribution is 5.95. The van der Waals surface area contributed by atoms with Crippen molar-refractivity contribution in [1.82, 2.24) is 9.88 Å². The first-order chi connectivity index (χ1) is 17.9. The lowest BCUT2D eigenvalue weighted by Crippen LogP contribution is -2.49. The summed E-state index contributed by atoms with van der Waals surface area (Å²) in [5.41, 5.74) is -2.77. The van der Waals surface area contributed by atoms with Gasteiger partial charge in [-0.1, -0.05) is 0 Å². The zero-order valence-electron chi connectivity index (χ0n) is 22.1. The second kappa shape index (κ2) is 9.52. The van der Waals surface area contributed by atoms with E-state index in [9.17, 15) is 14.4 Å². The summed E-state index contributed by atoms with van der Waals surface area (Å²) in [6.45, 7) is 8.08. The van der Waals surface area contributed by atoms with Crippen molar-refractivity contribution in [2.45, 2.75) is 64.2 Å². The molecule has 38 heavy (non-hydrogen) atoms. The van der Waals surface area contributed by atoms with E-state index in [1.54, 1.807) is 37.2 Å². The molecule has 2 aromatic rings. The molecular weight excluding hydrogens is 500 g/mol. The Morgan fingerprint density at radius 1 is 1.24 bits per heavy atom. The molecule has 5 rings (SSSR count). The largest absolute Gasteiger partial charge is 0.462 e. The number of nitrogens with one attached hydrogen (secondary N) is 1. The molecule has 9 nitrogen and oxygen atoms in total. The van der Waals surface area contributed by atoms with E-state index < -0.39 is 40.3 Å². The Morgan fingerprint density at radius 3 is 2.63 bits per heavy atom. The van der Waals surface area contributed by atoms with Crippen molar-refractivity contribution in [2.75, 3.05) is 37.7 Å². The van der Waals surface area contributed by atoms with E-state index in [-0.39, 0.29) is 53.8 Å². The molecular formula is C27H33F2N3O6. The second-order valence-electron chi connectivity index (χ2n) is 11.3. The number of hydrogen-bond acceptors (Lipinski definition) is 7. The van der Waals surface area contributed by atoms with Gasteiger partial charge in [0.1, 0.15) is 28.3 Å². The Kier molecular flexibility index (Phi) is 6.61. The third kappa shape index (κ3) is 4.72. The number of halogens is 2. The van der Waals surface area contributed by atoms with Gasteiger partial charge in [0.15, 0.2) is 5.82 Å². The maximum Gasteiger partial charge on any atom is 0.407 e.